The molecule has 0 saturated carbocycles. The monoisotopic (exact) mass is 237 g/mol. The Bertz CT molecular complexity index is 449. The molecule has 1 aromatic heterocycles. The lowest BCUT2D eigenvalue weighted by molar-refractivity contribution is -0.730. The molecule has 1 saturated heterocycles. The maximum Gasteiger partial charge on any atom is 0.326 e. The van der Waals surface area contributed by atoms with Crippen molar-refractivity contribution in [2.45, 2.75) is 24.5 Å². The van der Waals surface area contributed by atoms with Crippen LogP contribution in [0.25, 0.3) is 0 Å². The van der Waals surface area contributed by atoms with Gasteiger partial charge in [0.2, 0.25) is 12.1 Å². The smallest absolute Gasteiger partial charge is 0.326 e. The quantitative estimate of drug-likeness (QED) is 0.527. The average molecular weight is 237 g/mol. The van der Waals surface area contributed by atoms with Crippen molar-refractivity contribution in [3.8, 4) is 0 Å². The summed E-state index contributed by atoms with van der Waals surface area (Å²) in [6.45, 7) is 0.378. The summed E-state index contributed by atoms with van der Waals surface area (Å²) < 4.78 is 1.83. The van der Waals surface area contributed by atoms with Crippen LogP contribution in [0.3, 0.4) is 0 Å². The van der Waals surface area contributed by atoms with Crippen LogP contribution in [0.2, 0.25) is 0 Å². The summed E-state index contributed by atoms with van der Waals surface area (Å²) in [5, 5.41) is 11.3. The predicted octanol–water partition coefficient (Wildman–Crippen LogP) is -2.07. The molecule has 2 heterocycles. The molecule has 17 heavy (non-hydrogen) atoms. The maximum atomic E-state index is 11.8. The van der Waals surface area contributed by atoms with Gasteiger partial charge in [0.25, 0.3) is 5.91 Å². The number of amides is 1. The van der Waals surface area contributed by atoms with Gasteiger partial charge in [-0.25, -0.2) is 4.79 Å². The van der Waals surface area contributed by atoms with Crippen molar-refractivity contribution in [3.63, 3.8) is 0 Å². The first-order chi connectivity index (χ1) is 8.01. The van der Waals surface area contributed by atoms with E-state index in [1.807, 2.05) is 35.2 Å². The Morgan fingerprint density at radius 3 is 2.71 bits per heavy atom. The number of rotatable bonds is 3. The van der Waals surface area contributed by atoms with E-state index in [0.717, 1.165) is 0 Å². The molecule has 0 aliphatic carbocycles. The highest BCUT2D eigenvalue weighted by molar-refractivity contribution is 5.92. The van der Waals surface area contributed by atoms with Crippen molar-refractivity contribution in [1.82, 2.24) is 5.32 Å². The SMILES string of the molecule is [NH3+]C1(C[n+]2ccccc2)CC(C(=O)O)NC1=O. The molecule has 6 nitrogen and oxygen atoms in total. The van der Waals surface area contributed by atoms with E-state index in [4.69, 9.17) is 5.11 Å². The summed E-state index contributed by atoms with van der Waals surface area (Å²) in [6, 6.07) is 4.75. The van der Waals surface area contributed by atoms with E-state index in [2.05, 4.69) is 11.1 Å². The van der Waals surface area contributed by atoms with E-state index in [1.165, 1.54) is 0 Å². The lowest BCUT2D eigenvalue weighted by Gasteiger charge is -2.12. The van der Waals surface area contributed by atoms with Crippen molar-refractivity contribution >= 4 is 11.9 Å². The van der Waals surface area contributed by atoms with Gasteiger partial charge in [0.1, 0.15) is 6.04 Å². The van der Waals surface area contributed by atoms with Crippen LogP contribution in [-0.2, 0) is 16.1 Å². The third-order valence-corrected chi connectivity index (χ3v) is 2.94. The van der Waals surface area contributed by atoms with Crippen LogP contribution in [-0.4, -0.2) is 28.6 Å². The highest BCUT2D eigenvalue weighted by atomic mass is 16.4. The summed E-state index contributed by atoms with van der Waals surface area (Å²) in [4.78, 5) is 22.6. The molecule has 1 aliphatic rings. The Labute approximate surface area is 98.1 Å². The van der Waals surface area contributed by atoms with E-state index in [1.54, 1.807) is 0 Å². The molecule has 2 atom stereocenters. The average Bonchev–Trinajstić information content (AvgIpc) is 2.57. The van der Waals surface area contributed by atoms with Crippen molar-refractivity contribution in [1.29, 1.82) is 0 Å². The second-order valence-corrected chi connectivity index (χ2v) is 4.40. The zero-order chi connectivity index (χ0) is 12.5. The van der Waals surface area contributed by atoms with Crippen LogP contribution in [0.1, 0.15) is 6.42 Å². The van der Waals surface area contributed by atoms with Crippen LogP contribution in [0.4, 0.5) is 0 Å². The van der Waals surface area contributed by atoms with Crippen LogP contribution in [0.5, 0.6) is 0 Å². The number of carbonyl (C=O) groups excluding carboxylic acids is 1. The number of carboxylic acids is 1. The van der Waals surface area contributed by atoms with E-state index in [0.29, 0.717) is 6.54 Å². The largest absolute Gasteiger partial charge is 0.480 e. The Morgan fingerprint density at radius 2 is 2.18 bits per heavy atom. The highest BCUT2D eigenvalue weighted by Crippen LogP contribution is 2.16. The van der Waals surface area contributed by atoms with Gasteiger partial charge in [0.05, 0.1) is 0 Å². The second kappa shape index (κ2) is 4.14. The van der Waals surface area contributed by atoms with Gasteiger partial charge in [-0.15, -0.1) is 0 Å². The molecule has 1 amide bonds. The van der Waals surface area contributed by atoms with Gasteiger partial charge in [0, 0.05) is 18.6 Å². The first-order valence-electron chi connectivity index (χ1n) is 5.34. The molecule has 90 valence electrons. The fraction of sp³-hybridized carbons (Fsp3) is 0.364. The van der Waals surface area contributed by atoms with Gasteiger partial charge in [0.15, 0.2) is 12.4 Å². The minimum Gasteiger partial charge on any atom is -0.480 e. The molecule has 1 fully saturated rings. The molecule has 0 radical (unpaired) electrons. The number of nitrogens with zero attached hydrogens (tertiary/aromatic N) is 1. The molecule has 5 N–H and O–H groups in total. The predicted molar refractivity (Wildman–Crippen MR) is 56.4 cm³/mol. The molecule has 0 aromatic carbocycles. The van der Waals surface area contributed by atoms with E-state index in [9.17, 15) is 9.59 Å². The van der Waals surface area contributed by atoms with Crippen molar-refractivity contribution < 1.29 is 25.0 Å². The van der Waals surface area contributed by atoms with Crippen LogP contribution in [0.15, 0.2) is 30.6 Å². The number of pyridine rings is 1. The first-order valence-corrected chi connectivity index (χ1v) is 5.34. The number of carboxylic acid groups (broad SMARTS) is 1. The van der Waals surface area contributed by atoms with Crippen LogP contribution < -0.4 is 15.6 Å². The van der Waals surface area contributed by atoms with E-state index in [-0.39, 0.29) is 12.3 Å². The number of quaternary nitrogens is 1. The third-order valence-electron chi connectivity index (χ3n) is 2.94. The van der Waals surface area contributed by atoms with Gasteiger partial charge >= 0.3 is 5.97 Å². The fourth-order valence-corrected chi connectivity index (χ4v) is 2.02. The first kappa shape index (κ1) is 11.5. The summed E-state index contributed by atoms with van der Waals surface area (Å²) in [5.41, 5.74) is 2.97. The molecule has 0 spiro atoms. The lowest BCUT2D eigenvalue weighted by atomic mass is 9.96. The molecular weight excluding hydrogens is 222 g/mol. The molecule has 1 aromatic rings. The highest BCUT2D eigenvalue weighted by Gasteiger charge is 2.52. The summed E-state index contributed by atoms with van der Waals surface area (Å²) in [7, 11) is 0. The number of aromatic nitrogens is 1. The van der Waals surface area contributed by atoms with Gasteiger partial charge < -0.3 is 16.2 Å². The number of hydrogen-bond donors (Lipinski definition) is 3. The topological polar surface area (TPSA) is 97.9 Å². The van der Waals surface area contributed by atoms with Crippen LogP contribution in [0, 0.1) is 0 Å². The Balaban J connectivity index is 2.15. The summed E-state index contributed by atoms with van der Waals surface area (Å²) in [6.07, 6.45) is 3.87. The number of aliphatic carboxylic acids is 1. The normalized spacial score (nSPS) is 27.8. The summed E-state index contributed by atoms with van der Waals surface area (Å²) in [5.74, 6) is -1.32. The Kier molecular flexibility index (Phi) is 2.81. The van der Waals surface area contributed by atoms with E-state index < -0.39 is 17.6 Å². The van der Waals surface area contributed by atoms with Crippen molar-refractivity contribution in [3.05, 3.63) is 30.6 Å². The minimum atomic E-state index is -1.01. The maximum absolute atomic E-state index is 11.8. The molecule has 2 rings (SSSR count). The van der Waals surface area contributed by atoms with Gasteiger partial charge in [-0.1, -0.05) is 6.07 Å². The van der Waals surface area contributed by atoms with Crippen LogP contribution >= 0.6 is 0 Å². The molecule has 2 unspecified atom stereocenters. The summed E-state index contributed by atoms with van der Waals surface area (Å²) >= 11 is 0. The molecule has 1 aliphatic heterocycles. The number of nitrogens with one attached hydrogen (secondary N) is 1. The van der Waals surface area contributed by atoms with Crippen molar-refractivity contribution in [2.75, 3.05) is 0 Å². The zero-order valence-corrected chi connectivity index (χ0v) is 9.30. The standard InChI is InChI=1S/C11H13N3O3/c12-11(7-14-4-2-1-3-5-14)6-8(9(15)16)13-10(11)17/h1-5,8H,6-7,12H2,(H-,13,15,16,17)/p+2. The van der Waals surface area contributed by atoms with Gasteiger partial charge in [-0.05, 0) is 0 Å². The molecule has 6 heteroatoms. The zero-order valence-electron chi connectivity index (χ0n) is 9.30. The minimum absolute atomic E-state index is 0.211. The lowest BCUT2D eigenvalue weighted by Crippen LogP contribution is -2.80. The Hall–Kier alpha value is -1.95. The van der Waals surface area contributed by atoms with Crippen molar-refractivity contribution in [2.24, 2.45) is 0 Å². The molecular formula is C11H15N3O3+2. The number of hydrogen-bond acceptors (Lipinski definition) is 2. The fourth-order valence-electron chi connectivity index (χ4n) is 2.02. The second-order valence-electron chi connectivity index (χ2n) is 4.40. The van der Waals surface area contributed by atoms with Gasteiger partial charge in [-0.3, -0.25) is 4.79 Å². The third kappa shape index (κ3) is 2.26. The van der Waals surface area contributed by atoms with Gasteiger partial charge in [-0.2, -0.15) is 4.57 Å². The molecule has 0 bridgehead atoms. The Morgan fingerprint density at radius 1 is 1.53 bits per heavy atom. The van der Waals surface area contributed by atoms with E-state index >= 15 is 0 Å². The number of carbonyl (C=O) groups is 2.